The van der Waals surface area contributed by atoms with Crippen LogP contribution in [0.4, 0.5) is 0 Å². The van der Waals surface area contributed by atoms with Gasteiger partial charge in [-0.25, -0.2) is 0 Å². The Balaban J connectivity index is 2.38. The average molecular weight is 238 g/mol. The minimum atomic E-state index is 0.573. The second kappa shape index (κ2) is 6.77. The Labute approximate surface area is 105 Å². The van der Waals surface area contributed by atoms with Gasteiger partial charge in [-0.05, 0) is 33.9 Å². The highest BCUT2D eigenvalue weighted by molar-refractivity contribution is 5.03. The SMILES string of the molecule is CCNC(C)CC(C)N(C)Cc1cnn(C)c1. The molecule has 17 heavy (non-hydrogen) atoms. The lowest BCUT2D eigenvalue weighted by Crippen LogP contribution is -2.36. The van der Waals surface area contributed by atoms with Crippen LogP contribution in [0.3, 0.4) is 0 Å². The Bertz CT molecular complexity index is 321. The molecule has 2 atom stereocenters. The molecule has 1 aromatic heterocycles. The van der Waals surface area contributed by atoms with Crippen molar-refractivity contribution in [2.24, 2.45) is 7.05 Å². The van der Waals surface area contributed by atoms with E-state index in [1.807, 2.05) is 17.9 Å². The predicted molar refractivity (Wildman–Crippen MR) is 71.9 cm³/mol. The minimum Gasteiger partial charge on any atom is -0.314 e. The molecule has 0 bridgehead atoms. The Morgan fingerprint density at radius 1 is 1.47 bits per heavy atom. The van der Waals surface area contributed by atoms with E-state index in [4.69, 9.17) is 0 Å². The molecular weight excluding hydrogens is 212 g/mol. The Morgan fingerprint density at radius 2 is 2.18 bits per heavy atom. The summed E-state index contributed by atoms with van der Waals surface area (Å²) in [6, 6.07) is 1.15. The highest BCUT2D eigenvalue weighted by Crippen LogP contribution is 2.09. The van der Waals surface area contributed by atoms with Crippen molar-refractivity contribution in [3.63, 3.8) is 0 Å². The van der Waals surface area contributed by atoms with Crippen LogP contribution in [0, 0.1) is 0 Å². The smallest absolute Gasteiger partial charge is 0.0534 e. The zero-order chi connectivity index (χ0) is 12.8. The number of hydrogen-bond donors (Lipinski definition) is 1. The highest BCUT2D eigenvalue weighted by atomic mass is 15.2. The van der Waals surface area contributed by atoms with Gasteiger partial charge in [-0.3, -0.25) is 9.58 Å². The Hall–Kier alpha value is -0.870. The number of nitrogens with one attached hydrogen (secondary N) is 1. The van der Waals surface area contributed by atoms with Crippen molar-refractivity contribution in [2.75, 3.05) is 13.6 Å². The molecule has 0 saturated carbocycles. The summed E-state index contributed by atoms with van der Waals surface area (Å²) in [7, 11) is 4.14. The third-order valence-corrected chi connectivity index (χ3v) is 3.19. The minimum absolute atomic E-state index is 0.573. The average Bonchev–Trinajstić information content (AvgIpc) is 2.64. The number of hydrogen-bond acceptors (Lipinski definition) is 3. The summed E-state index contributed by atoms with van der Waals surface area (Å²) >= 11 is 0. The van der Waals surface area contributed by atoms with E-state index in [1.165, 1.54) is 12.0 Å². The maximum absolute atomic E-state index is 4.20. The first-order chi connectivity index (χ1) is 8.02. The monoisotopic (exact) mass is 238 g/mol. The van der Waals surface area contributed by atoms with E-state index in [0.29, 0.717) is 12.1 Å². The first-order valence-corrected chi connectivity index (χ1v) is 6.44. The van der Waals surface area contributed by atoms with Crippen LogP contribution in [0.2, 0.25) is 0 Å². The molecule has 98 valence electrons. The van der Waals surface area contributed by atoms with E-state index in [1.54, 1.807) is 0 Å². The summed E-state index contributed by atoms with van der Waals surface area (Å²) in [6.45, 7) is 8.69. The molecule has 4 nitrogen and oxygen atoms in total. The Kier molecular flexibility index (Phi) is 5.65. The molecule has 0 amide bonds. The van der Waals surface area contributed by atoms with Crippen LogP contribution in [-0.4, -0.2) is 40.4 Å². The fourth-order valence-corrected chi connectivity index (χ4v) is 2.12. The topological polar surface area (TPSA) is 33.1 Å². The number of rotatable bonds is 7. The van der Waals surface area contributed by atoms with Crippen LogP contribution >= 0.6 is 0 Å². The molecule has 1 rings (SSSR count). The van der Waals surface area contributed by atoms with Gasteiger partial charge >= 0.3 is 0 Å². The van der Waals surface area contributed by atoms with Crippen molar-refractivity contribution < 1.29 is 0 Å². The van der Waals surface area contributed by atoms with Gasteiger partial charge in [0.05, 0.1) is 6.20 Å². The zero-order valence-corrected chi connectivity index (χ0v) is 11.8. The summed E-state index contributed by atoms with van der Waals surface area (Å²) in [5.74, 6) is 0. The summed E-state index contributed by atoms with van der Waals surface area (Å²) in [4.78, 5) is 2.38. The van der Waals surface area contributed by atoms with Crippen LogP contribution in [0.5, 0.6) is 0 Å². The quantitative estimate of drug-likeness (QED) is 0.784. The second-order valence-electron chi connectivity index (χ2n) is 4.98. The number of aryl methyl sites for hydroxylation is 1. The van der Waals surface area contributed by atoms with Crippen molar-refractivity contribution in [1.82, 2.24) is 20.0 Å². The third-order valence-electron chi connectivity index (χ3n) is 3.19. The number of aromatic nitrogens is 2. The molecule has 0 saturated heterocycles. The second-order valence-corrected chi connectivity index (χ2v) is 4.98. The van der Waals surface area contributed by atoms with Crippen molar-refractivity contribution >= 4 is 0 Å². The molecule has 2 unspecified atom stereocenters. The molecule has 1 N–H and O–H groups in total. The molecule has 0 aromatic carbocycles. The molecule has 1 heterocycles. The van der Waals surface area contributed by atoms with Gasteiger partial charge in [-0.1, -0.05) is 6.92 Å². The fourth-order valence-electron chi connectivity index (χ4n) is 2.12. The summed E-state index contributed by atoms with van der Waals surface area (Å²) in [5, 5.41) is 7.65. The van der Waals surface area contributed by atoms with Crippen LogP contribution < -0.4 is 5.32 Å². The molecule has 0 spiro atoms. The maximum Gasteiger partial charge on any atom is 0.0534 e. The van der Waals surface area contributed by atoms with Gasteiger partial charge in [0.1, 0.15) is 0 Å². The molecule has 0 fully saturated rings. The molecular formula is C13H26N4. The third kappa shape index (κ3) is 4.88. The van der Waals surface area contributed by atoms with Gasteiger partial charge in [0.2, 0.25) is 0 Å². The van der Waals surface area contributed by atoms with Crippen LogP contribution in [0.1, 0.15) is 32.8 Å². The molecule has 0 aliphatic heterocycles. The molecule has 4 heteroatoms. The molecule has 0 aliphatic carbocycles. The van der Waals surface area contributed by atoms with E-state index in [2.05, 4.69) is 49.3 Å². The van der Waals surface area contributed by atoms with Gasteiger partial charge in [-0.15, -0.1) is 0 Å². The standard InChI is InChI=1S/C13H26N4/c1-6-14-11(2)7-12(3)16(4)9-13-8-15-17(5)10-13/h8,10-12,14H,6-7,9H2,1-5H3. The van der Waals surface area contributed by atoms with Gasteiger partial charge in [-0.2, -0.15) is 5.10 Å². The molecule has 0 aliphatic rings. The van der Waals surface area contributed by atoms with Crippen molar-refractivity contribution in [3.05, 3.63) is 18.0 Å². The van der Waals surface area contributed by atoms with E-state index in [9.17, 15) is 0 Å². The van der Waals surface area contributed by atoms with Gasteiger partial charge in [0.25, 0.3) is 0 Å². The van der Waals surface area contributed by atoms with Crippen molar-refractivity contribution in [3.8, 4) is 0 Å². The van der Waals surface area contributed by atoms with Crippen LogP contribution in [-0.2, 0) is 13.6 Å². The highest BCUT2D eigenvalue weighted by Gasteiger charge is 2.13. The van der Waals surface area contributed by atoms with Gasteiger partial charge < -0.3 is 5.32 Å². The lowest BCUT2D eigenvalue weighted by atomic mass is 10.1. The first-order valence-electron chi connectivity index (χ1n) is 6.44. The fraction of sp³-hybridized carbons (Fsp3) is 0.769. The lowest BCUT2D eigenvalue weighted by molar-refractivity contribution is 0.223. The summed E-state index contributed by atoms with van der Waals surface area (Å²) < 4.78 is 1.86. The van der Waals surface area contributed by atoms with E-state index in [-0.39, 0.29) is 0 Å². The van der Waals surface area contributed by atoms with Crippen LogP contribution in [0.25, 0.3) is 0 Å². The Morgan fingerprint density at radius 3 is 2.71 bits per heavy atom. The normalized spacial score (nSPS) is 15.2. The predicted octanol–water partition coefficient (Wildman–Crippen LogP) is 1.63. The van der Waals surface area contributed by atoms with Gasteiger partial charge in [0.15, 0.2) is 0 Å². The first kappa shape index (κ1) is 14.2. The van der Waals surface area contributed by atoms with Crippen molar-refractivity contribution in [1.29, 1.82) is 0 Å². The summed E-state index contributed by atoms with van der Waals surface area (Å²) in [6.07, 6.45) is 5.19. The van der Waals surface area contributed by atoms with Gasteiger partial charge in [0, 0.05) is 37.4 Å². The maximum atomic E-state index is 4.20. The summed E-state index contributed by atoms with van der Waals surface area (Å²) in [5.41, 5.74) is 1.28. The molecule has 1 aromatic rings. The van der Waals surface area contributed by atoms with E-state index < -0.39 is 0 Å². The van der Waals surface area contributed by atoms with Crippen LogP contribution in [0.15, 0.2) is 12.4 Å². The number of nitrogens with zero attached hydrogens (tertiary/aromatic N) is 3. The van der Waals surface area contributed by atoms with E-state index in [0.717, 1.165) is 13.1 Å². The zero-order valence-electron chi connectivity index (χ0n) is 11.8. The molecule has 0 radical (unpaired) electrons. The van der Waals surface area contributed by atoms with E-state index >= 15 is 0 Å². The van der Waals surface area contributed by atoms with Crippen molar-refractivity contribution in [2.45, 2.75) is 45.8 Å². The largest absolute Gasteiger partial charge is 0.314 e. The lowest BCUT2D eigenvalue weighted by Gasteiger charge is -2.27.